The summed E-state index contributed by atoms with van der Waals surface area (Å²) in [5.74, 6) is 0.746. The number of benzene rings is 1. The van der Waals surface area contributed by atoms with E-state index >= 15 is 0 Å². The van der Waals surface area contributed by atoms with Gasteiger partial charge in [-0.25, -0.2) is 4.79 Å². The van der Waals surface area contributed by atoms with E-state index < -0.39 is 0 Å². The van der Waals surface area contributed by atoms with Crippen LogP contribution in [0, 0.1) is 5.41 Å². The number of hydrogen-bond donors (Lipinski definition) is 0. The molecule has 0 N–H and O–H groups in total. The normalized spacial score (nSPS) is 19.8. The molecule has 0 radical (unpaired) electrons. The molecule has 2 aliphatic rings. The molecular weight excluding hydrogens is 332 g/mol. The van der Waals surface area contributed by atoms with Crippen molar-refractivity contribution >= 4 is 11.9 Å². The van der Waals surface area contributed by atoms with Gasteiger partial charge in [0.15, 0.2) is 0 Å². The maximum Gasteiger partial charge on any atom is 0.337 e. The van der Waals surface area contributed by atoms with Gasteiger partial charge in [-0.2, -0.15) is 0 Å². The number of rotatable bonds is 5. The lowest BCUT2D eigenvalue weighted by Crippen LogP contribution is -2.41. The Hall–Kier alpha value is -2.08. The molecule has 0 bridgehead atoms. The number of carbonyl (C=O) groups excluding carboxylic acids is 2. The number of carbonyl (C=O) groups is 2. The fourth-order valence-corrected chi connectivity index (χ4v) is 4.18. The standard InChI is InChI=1S/C20H28N2O4/c1-4-22-14-20(12-18(22)23)7-9-21(10-8-20)13-16-11-15(19(24)26-3)5-6-17(16)25-2/h5-6,11H,4,7-10,12-14H2,1-3H3. The van der Waals surface area contributed by atoms with Crippen LogP contribution in [0.3, 0.4) is 0 Å². The predicted octanol–water partition coefficient (Wildman–Crippen LogP) is 2.32. The molecule has 6 heteroatoms. The molecule has 1 aromatic rings. The van der Waals surface area contributed by atoms with E-state index in [1.807, 2.05) is 24.0 Å². The summed E-state index contributed by atoms with van der Waals surface area (Å²) in [6.45, 7) is 6.40. The lowest BCUT2D eigenvalue weighted by Gasteiger charge is -2.39. The van der Waals surface area contributed by atoms with Gasteiger partial charge in [0.1, 0.15) is 5.75 Å². The molecule has 3 rings (SSSR count). The molecular formula is C20H28N2O4. The van der Waals surface area contributed by atoms with Crippen molar-refractivity contribution in [2.45, 2.75) is 32.7 Å². The molecule has 1 aromatic carbocycles. The molecule has 2 saturated heterocycles. The third kappa shape index (κ3) is 3.70. The highest BCUT2D eigenvalue weighted by atomic mass is 16.5. The second-order valence-corrected chi connectivity index (χ2v) is 7.38. The minimum atomic E-state index is -0.337. The first kappa shape index (κ1) is 18.7. The Labute approximate surface area is 155 Å². The van der Waals surface area contributed by atoms with Gasteiger partial charge < -0.3 is 14.4 Å². The molecule has 1 spiro atoms. The van der Waals surface area contributed by atoms with Gasteiger partial charge in [-0.1, -0.05) is 0 Å². The van der Waals surface area contributed by atoms with Crippen LogP contribution in [-0.4, -0.2) is 62.1 Å². The summed E-state index contributed by atoms with van der Waals surface area (Å²) in [7, 11) is 3.03. The largest absolute Gasteiger partial charge is 0.496 e. The molecule has 0 atom stereocenters. The van der Waals surface area contributed by atoms with E-state index in [0.717, 1.165) is 56.9 Å². The summed E-state index contributed by atoms with van der Waals surface area (Å²) in [5.41, 5.74) is 1.68. The molecule has 0 aliphatic carbocycles. The third-order valence-electron chi connectivity index (χ3n) is 5.80. The van der Waals surface area contributed by atoms with Crippen molar-refractivity contribution in [3.8, 4) is 5.75 Å². The van der Waals surface area contributed by atoms with Crippen molar-refractivity contribution in [3.05, 3.63) is 29.3 Å². The number of hydrogen-bond acceptors (Lipinski definition) is 5. The van der Waals surface area contributed by atoms with Crippen molar-refractivity contribution in [2.75, 3.05) is 40.4 Å². The zero-order valence-electron chi connectivity index (χ0n) is 15.9. The summed E-state index contributed by atoms with van der Waals surface area (Å²) in [5, 5.41) is 0. The molecule has 1 amide bonds. The average Bonchev–Trinajstić information content (AvgIpc) is 2.98. The lowest BCUT2D eigenvalue weighted by atomic mass is 9.77. The maximum absolute atomic E-state index is 12.1. The van der Waals surface area contributed by atoms with Gasteiger partial charge in [0.05, 0.1) is 19.8 Å². The second-order valence-electron chi connectivity index (χ2n) is 7.38. The first-order valence-electron chi connectivity index (χ1n) is 9.25. The van der Waals surface area contributed by atoms with E-state index in [1.165, 1.54) is 7.11 Å². The summed E-state index contributed by atoms with van der Waals surface area (Å²) in [6, 6.07) is 5.40. The van der Waals surface area contributed by atoms with E-state index in [4.69, 9.17) is 9.47 Å². The third-order valence-corrected chi connectivity index (χ3v) is 5.80. The van der Waals surface area contributed by atoms with Gasteiger partial charge in [0.2, 0.25) is 5.91 Å². The Bertz CT molecular complexity index is 680. The maximum atomic E-state index is 12.1. The first-order chi connectivity index (χ1) is 12.5. The minimum Gasteiger partial charge on any atom is -0.496 e. The zero-order chi connectivity index (χ0) is 18.7. The Balaban J connectivity index is 1.66. The first-order valence-corrected chi connectivity index (χ1v) is 9.25. The molecule has 26 heavy (non-hydrogen) atoms. The molecule has 0 saturated carbocycles. The zero-order valence-corrected chi connectivity index (χ0v) is 15.9. The number of piperidine rings is 1. The van der Waals surface area contributed by atoms with E-state index in [0.29, 0.717) is 17.9 Å². The van der Waals surface area contributed by atoms with Gasteiger partial charge in [-0.3, -0.25) is 9.69 Å². The van der Waals surface area contributed by atoms with Gasteiger partial charge in [-0.15, -0.1) is 0 Å². The molecule has 2 fully saturated rings. The lowest BCUT2D eigenvalue weighted by molar-refractivity contribution is -0.127. The number of likely N-dealkylation sites (tertiary alicyclic amines) is 2. The Morgan fingerprint density at radius 3 is 2.54 bits per heavy atom. The van der Waals surface area contributed by atoms with Crippen LogP contribution >= 0.6 is 0 Å². The number of ether oxygens (including phenoxy) is 2. The number of methoxy groups -OCH3 is 2. The monoisotopic (exact) mass is 360 g/mol. The van der Waals surface area contributed by atoms with Crippen LogP contribution in [0.5, 0.6) is 5.75 Å². The van der Waals surface area contributed by atoms with Crippen molar-refractivity contribution in [1.29, 1.82) is 0 Å². The van der Waals surface area contributed by atoms with Crippen molar-refractivity contribution in [3.63, 3.8) is 0 Å². The van der Waals surface area contributed by atoms with Crippen LogP contribution in [-0.2, 0) is 16.1 Å². The highest BCUT2D eigenvalue weighted by Crippen LogP contribution is 2.41. The molecule has 2 aliphatic heterocycles. The Morgan fingerprint density at radius 2 is 1.96 bits per heavy atom. The van der Waals surface area contributed by atoms with Gasteiger partial charge in [0.25, 0.3) is 0 Å². The van der Waals surface area contributed by atoms with Crippen LogP contribution in [0.1, 0.15) is 42.1 Å². The van der Waals surface area contributed by atoms with Crippen molar-refractivity contribution in [2.24, 2.45) is 5.41 Å². The van der Waals surface area contributed by atoms with Gasteiger partial charge in [-0.05, 0) is 56.5 Å². The topological polar surface area (TPSA) is 59.1 Å². The fourth-order valence-electron chi connectivity index (χ4n) is 4.18. The number of esters is 1. The Kier molecular flexibility index (Phi) is 5.51. The minimum absolute atomic E-state index is 0.154. The van der Waals surface area contributed by atoms with E-state index in [-0.39, 0.29) is 11.4 Å². The molecule has 6 nitrogen and oxygen atoms in total. The van der Waals surface area contributed by atoms with Crippen LogP contribution < -0.4 is 4.74 Å². The van der Waals surface area contributed by atoms with E-state index in [9.17, 15) is 9.59 Å². The summed E-state index contributed by atoms with van der Waals surface area (Å²) >= 11 is 0. The second kappa shape index (κ2) is 7.66. The van der Waals surface area contributed by atoms with Crippen LogP contribution in [0.2, 0.25) is 0 Å². The molecule has 0 aromatic heterocycles. The predicted molar refractivity (Wildman–Crippen MR) is 98.1 cm³/mol. The van der Waals surface area contributed by atoms with Gasteiger partial charge in [0, 0.05) is 31.6 Å². The smallest absolute Gasteiger partial charge is 0.337 e. The SMILES string of the molecule is CCN1CC2(CCN(Cc3cc(C(=O)OC)ccc3OC)CC2)CC1=O. The summed E-state index contributed by atoms with van der Waals surface area (Å²) in [6.07, 6.45) is 2.76. The van der Waals surface area contributed by atoms with Crippen LogP contribution in [0.25, 0.3) is 0 Å². The quantitative estimate of drug-likeness (QED) is 0.754. The molecule has 0 unspecified atom stereocenters. The van der Waals surface area contributed by atoms with E-state index in [2.05, 4.69) is 4.90 Å². The van der Waals surface area contributed by atoms with Crippen molar-refractivity contribution in [1.82, 2.24) is 9.80 Å². The molecule has 2 heterocycles. The van der Waals surface area contributed by atoms with Crippen LogP contribution in [0.15, 0.2) is 18.2 Å². The van der Waals surface area contributed by atoms with Crippen LogP contribution in [0.4, 0.5) is 0 Å². The highest BCUT2D eigenvalue weighted by molar-refractivity contribution is 5.89. The number of nitrogens with zero attached hydrogens (tertiary/aromatic N) is 2. The van der Waals surface area contributed by atoms with Gasteiger partial charge >= 0.3 is 5.97 Å². The summed E-state index contributed by atoms with van der Waals surface area (Å²) < 4.78 is 10.3. The Morgan fingerprint density at radius 1 is 1.23 bits per heavy atom. The number of amides is 1. The fraction of sp³-hybridized carbons (Fsp3) is 0.600. The highest BCUT2D eigenvalue weighted by Gasteiger charge is 2.44. The average molecular weight is 360 g/mol. The molecule has 142 valence electrons. The van der Waals surface area contributed by atoms with E-state index in [1.54, 1.807) is 13.2 Å². The summed E-state index contributed by atoms with van der Waals surface area (Å²) in [4.78, 5) is 28.3. The van der Waals surface area contributed by atoms with Crippen molar-refractivity contribution < 1.29 is 19.1 Å².